The molecule has 0 spiro atoms. The van der Waals surface area contributed by atoms with Gasteiger partial charge in [-0.3, -0.25) is 10.1 Å². The van der Waals surface area contributed by atoms with E-state index < -0.39 is 0 Å². The number of hydrogen-bond acceptors (Lipinski definition) is 4. The van der Waals surface area contributed by atoms with Gasteiger partial charge in [-0.25, -0.2) is 4.98 Å². The lowest BCUT2D eigenvalue weighted by molar-refractivity contribution is -0.385. The summed E-state index contributed by atoms with van der Waals surface area (Å²) in [6.07, 6.45) is 1.83. The second-order valence-electron chi connectivity index (χ2n) is 8.59. The van der Waals surface area contributed by atoms with Crippen molar-refractivity contribution in [1.82, 2.24) is 4.98 Å². The summed E-state index contributed by atoms with van der Waals surface area (Å²) in [6.45, 7) is 2.02. The molecule has 5 nitrogen and oxygen atoms in total. The predicted molar refractivity (Wildman–Crippen MR) is 135 cm³/mol. The quantitative estimate of drug-likeness (QED) is 0.207. The lowest BCUT2D eigenvalue weighted by Crippen LogP contribution is -2.00. The van der Waals surface area contributed by atoms with Crippen LogP contribution in [0.4, 0.5) is 5.69 Å². The van der Waals surface area contributed by atoms with Crippen LogP contribution in [-0.2, 0) is 6.42 Å². The Morgan fingerprint density at radius 2 is 1.62 bits per heavy atom. The summed E-state index contributed by atoms with van der Waals surface area (Å²) in [5.41, 5.74) is 7.23. The number of benzene rings is 4. The van der Waals surface area contributed by atoms with Gasteiger partial charge in [0.1, 0.15) is 17.4 Å². The molecule has 0 unspecified atom stereocenters. The van der Waals surface area contributed by atoms with E-state index in [0.29, 0.717) is 12.0 Å². The molecule has 0 bridgehead atoms. The first kappa shape index (κ1) is 20.1. The molecule has 0 N–H and O–H groups in total. The molecule has 0 fully saturated rings. The Kier molecular flexibility index (Phi) is 4.62. The molecule has 0 radical (unpaired) electrons. The molecule has 34 heavy (non-hydrogen) atoms. The Morgan fingerprint density at radius 3 is 2.47 bits per heavy atom. The SMILES string of the molecule is Cc1cccc(Cc2c([N+](=O)[O-])cnc3ccc(-c4ccc5c(c4)oc4ccccc45)cc23)c1. The molecule has 6 rings (SSSR count). The number of rotatable bonds is 4. The normalized spacial score (nSPS) is 11.4. The predicted octanol–water partition coefficient (Wildman–Crippen LogP) is 7.61. The van der Waals surface area contributed by atoms with E-state index in [1.807, 2.05) is 67.6 Å². The topological polar surface area (TPSA) is 69.2 Å². The molecular weight excluding hydrogens is 424 g/mol. The van der Waals surface area contributed by atoms with E-state index >= 15 is 0 Å². The summed E-state index contributed by atoms with van der Waals surface area (Å²) in [7, 11) is 0. The first-order valence-corrected chi connectivity index (χ1v) is 11.1. The zero-order valence-electron chi connectivity index (χ0n) is 18.5. The maximum atomic E-state index is 11.9. The average Bonchev–Trinajstić information content (AvgIpc) is 3.21. The van der Waals surface area contributed by atoms with Gasteiger partial charge in [0.25, 0.3) is 5.69 Å². The van der Waals surface area contributed by atoms with Crippen molar-refractivity contribution in [3.63, 3.8) is 0 Å². The molecule has 0 saturated heterocycles. The van der Waals surface area contributed by atoms with E-state index in [1.165, 1.54) is 6.20 Å². The fraction of sp³-hybridized carbons (Fsp3) is 0.0690. The molecule has 0 atom stereocenters. The van der Waals surface area contributed by atoms with Gasteiger partial charge in [-0.15, -0.1) is 0 Å². The van der Waals surface area contributed by atoms with E-state index in [1.54, 1.807) is 0 Å². The van der Waals surface area contributed by atoms with E-state index in [9.17, 15) is 10.1 Å². The van der Waals surface area contributed by atoms with Crippen molar-refractivity contribution in [2.45, 2.75) is 13.3 Å². The number of nitro groups is 1. The van der Waals surface area contributed by atoms with Crippen molar-refractivity contribution in [2.75, 3.05) is 0 Å². The summed E-state index contributed by atoms with van der Waals surface area (Å²) in [5, 5.41) is 14.8. The molecule has 0 saturated carbocycles. The molecule has 0 aliphatic rings. The monoisotopic (exact) mass is 444 g/mol. The number of aromatic nitrogens is 1. The van der Waals surface area contributed by atoms with Crippen LogP contribution in [0.1, 0.15) is 16.7 Å². The smallest absolute Gasteiger partial charge is 0.291 e. The average molecular weight is 444 g/mol. The number of nitrogens with zero attached hydrogens (tertiary/aromatic N) is 2. The van der Waals surface area contributed by atoms with Crippen molar-refractivity contribution in [3.8, 4) is 11.1 Å². The minimum absolute atomic E-state index is 0.0406. The Hall–Kier alpha value is -4.51. The minimum atomic E-state index is -0.343. The minimum Gasteiger partial charge on any atom is -0.456 e. The third kappa shape index (κ3) is 3.39. The highest BCUT2D eigenvalue weighted by Crippen LogP contribution is 2.35. The van der Waals surface area contributed by atoms with Crippen LogP contribution in [0.2, 0.25) is 0 Å². The van der Waals surface area contributed by atoms with E-state index in [0.717, 1.165) is 55.1 Å². The Balaban J connectivity index is 1.52. The number of pyridine rings is 1. The number of para-hydroxylation sites is 1. The van der Waals surface area contributed by atoms with Crippen LogP contribution in [-0.4, -0.2) is 9.91 Å². The van der Waals surface area contributed by atoms with Gasteiger partial charge in [0.2, 0.25) is 0 Å². The Morgan fingerprint density at radius 1 is 0.824 bits per heavy atom. The van der Waals surface area contributed by atoms with Gasteiger partial charge < -0.3 is 4.42 Å². The molecule has 164 valence electrons. The first-order chi connectivity index (χ1) is 16.6. The third-order valence-electron chi connectivity index (χ3n) is 6.33. The molecule has 0 aliphatic heterocycles. The summed E-state index contributed by atoms with van der Waals surface area (Å²) < 4.78 is 6.06. The number of furan rings is 1. The van der Waals surface area contributed by atoms with Crippen molar-refractivity contribution >= 4 is 38.5 Å². The molecule has 0 amide bonds. The standard InChI is InChI=1S/C29H20N2O3/c1-18-5-4-6-19(13-18)14-25-24-15-20(10-12-26(24)30-17-27(25)31(32)33)21-9-11-23-22-7-2-3-8-28(22)34-29(23)16-21/h2-13,15-17H,14H2,1H3. The van der Waals surface area contributed by atoms with Crippen LogP contribution < -0.4 is 0 Å². The van der Waals surface area contributed by atoms with Crippen LogP contribution in [0.25, 0.3) is 44.0 Å². The van der Waals surface area contributed by atoms with Gasteiger partial charge in [-0.1, -0.05) is 60.2 Å². The maximum absolute atomic E-state index is 11.9. The van der Waals surface area contributed by atoms with E-state index in [-0.39, 0.29) is 10.6 Å². The van der Waals surface area contributed by atoms with Gasteiger partial charge in [-0.05, 0) is 53.9 Å². The fourth-order valence-electron chi connectivity index (χ4n) is 4.69. The Bertz CT molecular complexity index is 1730. The lowest BCUT2D eigenvalue weighted by atomic mass is 9.95. The molecule has 2 aromatic heterocycles. The summed E-state index contributed by atoms with van der Waals surface area (Å²) in [5.74, 6) is 0. The maximum Gasteiger partial charge on any atom is 0.291 e. The second kappa shape index (κ2) is 7.81. The van der Waals surface area contributed by atoms with Crippen LogP contribution >= 0.6 is 0 Å². The lowest BCUT2D eigenvalue weighted by Gasteiger charge is -2.10. The highest BCUT2D eigenvalue weighted by molar-refractivity contribution is 6.06. The Labute approximate surface area is 195 Å². The van der Waals surface area contributed by atoms with Crippen molar-refractivity contribution in [3.05, 3.63) is 118 Å². The van der Waals surface area contributed by atoms with Gasteiger partial charge in [0, 0.05) is 28.1 Å². The molecule has 0 aliphatic carbocycles. The number of fused-ring (bicyclic) bond motifs is 4. The van der Waals surface area contributed by atoms with Gasteiger partial charge >= 0.3 is 0 Å². The van der Waals surface area contributed by atoms with E-state index in [4.69, 9.17) is 4.42 Å². The van der Waals surface area contributed by atoms with Crippen molar-refractivity contribution < 1.29 is 9.34 Å². The molecule has 2 heterocycles. The van der Waals surface area contributed by atoms with Crippen molar-refractivity contribution in [1.29, 1.82) is 0 Å². The van der Waals surface area contributed by atoms with Gasteiger partial charge in [0.05, 0.1) is 10.4 Å². The summed E-state index contributed by atoms with van der Waals surface area (Å²) >= 11 is 0. The fourth-order valence-corrected chi connectivity index (χ4v) is 4.69. The molecule has 6 aromatic rings. The number of aryl methyl sites for hydroxylation is 1. The van der Waals surface area contributed by atoms with Crippen LogP contribution in [0.3, 0.4) is 0 Å². The zero-order chi connectivity index (χ0) is 23.2. The van der Waals surface area contributed by atoms with E-state index in [2.05, 4.69) is 29.2 Å². The van der Waals surface area contributed by atoms with Crippen LogP contribution in [0.15, 0.2) is 95.5 Å². The third-order valence-corrected chi connectivity index (χ3v) is 6.33. The van der Waals surface area contributed by atoms with Crippen molar-refractivity contribution in [2.24, 2.45) is 0 Å². The molecular formula is C29H20N2O3. The molecule has 4 aromatic carbocycles. The summed E-state index contributed by atoms with van der Waals surface area (Å²) in [4.78, 5) is 15.9. The largest absolute Gasteiger partial charge is 0.456 e. The van der Waals surface area contributed by atoms with Gasteiger partial charge in [0.15, 0.2) is 0 Å². The zero-order valence-corrected chi connectivity index (χ0v) is 18.5. The second-order valence-corrected chi connectivity index (χ2v) is 8.59. The van der Waals surface area contributed by atoms with Crippen LogP contribution in [0, 0.1) is 17.0 Å². The summed E-state index contributed by atoms with van der Waals surface area (Å²) in [6, 6.07) is 28.2. The highest BCUT2D eigenvalue weighted by atomic mass is 16.6. The van der Waals surface area contributed by atoms with Gasteiger partial charge in [-0.2, -0.15) is 0 Å². The molecule has 5 heteroatoms. The first-order valence-electron chi connectivity index (χ1n) is 11.1. The highest BCUT2D eigenvalue weighted by Gasteiger charge is 2.19. The van der Waals surface area contributed by atoms with Crippen LogP contribution in [0.5, 0.6) is 0 Å². The number of hydrogen-bond donors (Lipinski definition) is 0.